The lowest BCUT2D eigenvalue weighted by atomic mass is 10.2. The van der Waals surface area contributed by atoms with Crippen LogP contribution in [0, 0.1) is 20.2 Å². The van der Waals surface area contributed by atoms with Crippen molar-refractivity contribution in [2.75, 3.05) is 11.5 Å². The van der Waals surface area contributed by atoms with Gasteiger partial charge < -0.3 is 0 Å². The van der Waals surface area contributed by atoms with E-state index in [1.165, 1.54) is 12.1 Å². The highest BCUT2D eigenvalue weighted by molar-refractivity contribution is 9.10. The van der Waals surface area contributed by atoms with Crippen molar-refractivity contribution in [2.45, 2.75) is 11.0 Å². The lowest BCUT2D eigenvalue weighted by Crippen LogP contribution is -2.03. The third kappa shape index (κ3) is 3.21. The van der Waals surface area contributed by atoms with Gasteiger partial charge in [0.15, 0.2) is 4.47 Å². The van der Waals surface area contributed by atoms with Crippen LogP contribution in [0.25, 0.3) is 0 Å². The second-order valence-corrected chi connectivity index (χ2v) is 7.33. The molecule has 0 atom stereocenters. The Labute approximate surface area is 125 Å². The molecule has 0 amide bonds. The molecule has 0 spiro atoms. The summed E-state index contributed by atoms with van der Waals surface area (Å²) >= 11 is 6.27. The average molecular weight is 365 g/mol. The van der Waals surface area contributed by atoms with Gasteiger partial charge in [-0.15, -0.1) is 23.5 Å². The van der Waals surface area contributed by atoms with Gasteiger partial charge in [-0.3, -0.25) is 20.2 Å². The van der Waals surface area contributed by atoms with Gasteiger partial charge in [-0.2, -0.15) is 0 Å². The molecule has 6 nitrogen and oxygen atoms in total. The molecular weight excluding hydrogens is 356 g/mol. The van der Waals surface area contributed by atoms with Crippen molar-refractivity contribution >= 4 is 50.8 Å². The first kappa shape index (κ1) is 14.6. The Bertz CT molecular complexity index is 499. The number of benzene rings is 1. The third-order valence-corrected chi connectivity index (χ3v) is 6.38. The molecule has 1 aliphatic rings. The fourth-order valence-corrected chi connectivity index (χ4v) is 5.07. The fraction of sp³-hybridized carbons (Fsp3) is 0.400. The number of rotatable bonds is 3. The van der Waals surface area contributed by atoms with Crippen LogP contribution >= 0.6 is 39.5 Å². The minimum atomic E-state index is -0.598. The van der Waals surface area contributed by atoms with Crippen molar-refractivity contribution in [3.63, 3.8) is 0 Å². The summed E-state index contributed by atoms with van der Waals surface area (Å²) < 4.78 is -0.0451. The molecule has 1 saturated heterocycles. The third-order valence-electron chi connectivity index (χ3n) is 2.55. The molecule has 0 radical (unpaired) electrons. The smallest absolute Gasteiger partial charge is 0.258 e. The highest BCUT2D eigenvalue weighted by Gasteiger charge is 2.28. The van der Waals surface area contributed by atoms with Gasteiger partial charge in [-0.1, -0.05) is 0 Å². The Balaban J connectivity index is 2.49. The predicted octanol–water partition coefficient (Wildman–Crippen LogP) is 4.13. The van der Waals surface area contributed by atoms with E-state index in [2.05, 4.69) is 15.9 Å². The van der Waals surface area contributed by atoms with Gasteiger partial charge in [0.2, 0.25) is 0 Å². The van der Waals surface area contributed by atoms with E-state index in [0.29, 0.717) is 5.56 Å². The molecule has 0 aliphatic carbocycles. The van der Waals surface area contributed by atoms with E-state index in [1.54, 1.807) is 23.5 Å². The van der Waals surface area contributed by atoms with E-state index in [1.807, 2.05) is 0 Å². The second-order valence-electron chi connectivity index (χ2n) is 3.81. The zero-order chi connectivity index (χ0) is 14.0. The van der Waals surface area contributed by atoms with Crippen molar-refractivity contribution < 1.29 is 9.85 Å². The van der Waals surface area contributed by atoms with Crippen LogP contribution in [-0.2, 0) is 0 Å². The molecule has 102 valence electrons. The number of halogens is 1. The standard InChI is InChI=1S/C10H9BrN2O4S2/c11-9-7(12(14)15)4-6(5-8(9)13(16)17)10-18-2-1-3-19-10/h4-5,10H,1-3H2. The van der Waals surface area contributed by atoms with Crippen molar-refractivity contribution in [1.29, 1.82) is 0 Å². The largest absolute Gasteiger partial charge is 0.290 e. The summed E-state index contributed by atoms with van der Waals surface area (Å²) in [6, 6.07) is 2.85. The molecule has 0 N–H and O–H groups in total. The zero-order valence-electron chi connectivity index (χ0n) is 9.58. The number of thioether (sulfide) groups is 2. The van der Waals surface area contributed by atoms with Crippen molar-refractivity contribution in [1.82, 2.24) is 0 Å². The van der Waals surface area contributed by atoms with Crippen LogP contribution in [0.15, 0.2) is 16.6 Å². The molecule has 1 aromatic carbocycles. The maximum absolute atomic E-state index is 11.0. The lowest BCUT2D eigenvalue weighted by molar-refractivity contribution is -0.395. The van der Waals surface area contributed by atoms with Gasteiger partial charge >= 0.3 is 0 Å². The van der Waals surface area contributed by atoms with Crippen LogP contribution in [0.2, 0.25) is 0 Å². The average Bonchev–Trinajstić information content (AvgIpc) is 2.39. The molecular formula is C10H9BrN2O4S2. The van der Waals surface area contributed by atoms with Gasteiger partial charge in [0.1, 0.15) is 0 Å². The summed E-state index contributed by atoms with van der Waals surface area (Å²) in [6.45, 7) is 0. The maximum atomic E-state index is 11.0. The quantitative estimate of drug-likeness (QED) is 0.591. The lowest BCUT2D eigenvalue weighted by Gasteiger charge is -2.21. The van der Waals surface area contributed by atoms with Crippen molar-refractivity contribution in [3.05, 3.63) is 42.4 Å². The van der Waals surface area contributed by atoms with Gasteiger partial charge in [0.05, 0.1) is 14.4 Å². The summed E-state index contributed by atoms with van der Waals surface area (Å²) in [4.78, 5) is 20.7. The monoisotopic (exact) mass is 364 g/mol. The first-order chi connectivity index (χ1) is 9.00. The SMILES string of the molecule is O=[N+]([O-])c1cc(C2SCCCS2)cc([N+](=O)[O-])c1Br. The number of hydrogen-bond donors (Lipinski definition) is 0. The van der Waals surface area contributed by atoms with E-state index in [0.717, 1.165) is 17.9 Å². The van der Waals surface area contributed by atoms with Gasteiger partial charge in [0, 0.05) is 12.1 Å². The first-order valence-electron chi connectivity index (χ1n) is 5.36. The molecule has 0 aromatic heterocycles. The van der Waals surface area contributed by atoms with E-state index < -0.39 is 9.85 Å². The highest BCUT2D eigenvalue weighted by Crippen LogP contribution is 2.47. The van der Waals surface area contributed by atoms with Crippen LogP contribution in [0.4, 0.5) is 11.4 Å². The van der Waals surface area contributed by atoms with Crippen LogP contribution < -0.4 is 0 Å². The summed E-state index contributed by atoms with van der Waals surface area (Å²) in [7, 11) is 0. The number of nitro benzene ring substituents is 2. The van der Waals surface area contributed by atoms with Gasteiger partial charge in [-0.05, 0) is 39.4 Å². The van der Waals surface area contributed by atoms with E-state index in [9.17, 15) is 20.2 Å². The predicted molar refractivity (Wildman–Crippen MR) is 79.7 cm³/mol. The number of nitrogens with zero attached hydrogens (tertiary/aromatic N) is 2. The zero-order valence-corrected chi connectivity index (χ0v) is 12.8. The summed E-state index contributed by atoms with van der Waals surface area (Å²) in [5.41, 5.74) is 0.128. The van der Waals surface area contributed by atoms with Crippen molar-refractivity contribution in [2.24, 2.45) is 0 Å². The van der Waals surface area contributed by atoms with E-state index >= 15 is 0 Å². The van der Waals surface area contributed by atoms with Crippen LogP contribution in [0.5, 0.6) is 0 Å². The Morgan fingerprint density at radius 3 is 2.00 bits per heavy atom. The molecule has 0 bridgehead atoms. The Hall–Kier alpha value is -0.800. The molecule has 0 unspecified atom stereocenters. The Morgan fingerprint density at radius 2 is 1.58 bits per heavy atom. The first-order valence-corrected chi connectivity index (χ1v) is 8.25. The molecule has 2 rings (SSSR count). The topological polar surface area (TPSA) is 86.3 Å². The minimum absolute atomic E-state index is 0.0271. The summed E-state index contributed by atoms with van der Waals surface area (Å²) in [6.07, 6.45) is 1.09. The molecule has 0 saturated carbocycles. The second kappa shape index (κ2) is 6.10. The normalized spacial score (nSPS) is 16.3. The van der Waals surface area contributed by atoms with Gasteiger partial charge in [-0.25, -0.2) is 0 Å². The number of nitro groups is 2. The Morgan fingerprint density at radius 1 is 1.11 bits per heavy atom. The molecule has 1 aromatic rings. The fourth-order valence-electron chi connectivity index (χ4n) is 1.70. The van der Waals surface area contributed by atoms with E-state index in [-0.39, 0.29) is 20.4 Å². The van der Waals surface area contributed by atoms with Crippen LogP contribution in [0.3, 0.4) is 0 Å². The maximum Gasteiger partial charge on any atom is 0.290 e. The minimum Gasteiger partial charge on any atom is -0.258 e. The Kier molecular flexibility index (Phi) is 4.69. The molecule has 1 aliphatic heterocycles. The van der Waals surface area contributed by atoms with Crippen LogP contribution in [0.1, 0.15) is 16.6 Å². The number of hydrogen-bond acceptors (Lipinski definition) is 6. The molecule has 1 heterocycles. The van der Waals surface area contributed by atoms with E-state index in [4.69, 9.17) is 0 Å². The van der Waals surface area contributed by atoms with Crippen LogP contribution in [-0.4, -0.2) is 21.4 Å². The molecule has 1 fully saturated rings. The molecule has 9 heteroatoms. The summed E-state index contributed by atoms with van der Waals surface area (Å²) in [5.74, 6) is 1.94. The molecule has 19 heavy (non-hydrogen) atoms. The van der Waals surface area contributed by atoms with Gasteiger partial charge in [0.25, 0.3) is 11.4 Å². The summed E-state index contributed by atoms with van der Waals surface area (Å²) in [5, 5.41) is 21.9. The highest BCUT2D eigenvalue weighted by atomic mass is 79.9. The van der Waals surface area contributed by atoms with Crippen molar-refractivity contribution in [3.8, 4) is 0 Å².